The summed E-state index contributed by atoms with van der Waals surface area (Å²) in [7, 11) is 1.21. The minimum absolute atomic E-state index is 0.0269. The van der Waals surface area contributed by atoms with E-state index < -0.39 is 17.8 Å². The van der Waals surface area contributed by atoms with Gasteiger partial charge in [-0.3, -0.25) is 9.59 Å². The molecule has 8 heteroatoms. The number of halogens is 1. The molecule has 7 nitrogen and oxygen atoms in total. The van der Waals surface area contributed by atoms with Crippen molar-refractivity contribution in [2.75, 3.05) is 19.0 Å². The zero-order valence-electron chi connectivity index (χ0n) is 14.1. The summed E-state index contributed by atoms with van der Waals surface area (Å²) in [5, 5.41) is 2.61. The highest BCUT2D eigenvalue weighted by atomic mass is 127. The van der Waals surface area contributed by atoms with Gasteiger partial charge in [0.2, 0.25) is 0 Å². The Kier molecular flexibility index (Phi) is 6.96. The van der Waals surface area contributed by atoms with E-state index in [1.54, 1.807) is 12.1 Å². The number of methoxy groups -OCH3 is 1. The summed E-state index contributed by atoms with van der Waals surface area (Å²) >= 11 is 2.17. The first kappa shape index (κ1) is 19.7. The van der Waals surface area contributed by atoms with Gasteiger partial charge in [-0.1, -0.05) is 0 Å². The molecule has 26 heavy (non-hydrogen) atoms. The molecule has 1 amide bonds. The van der Waals surface area contributed by atoms with Gasteiger partial charge in [0.25, 0.3) is 5.91 Å². The van der Waals surface area contributed by atoms with Crippen LogP contribution >= 0.6 is 22.6 Å². The number of carbonyl (C=O) groups excluding carboxylic acids is 3. The monoisotopic (exact) mass is 469 g/mol. The third-order valence-electron chi connectivity index (χ3n) is 3.11. The quantitative estimate of drug-likeness (QED) is 0.398. The largest absolute Gasteiger partial charge is 0.484 e. The third-order valence-corrected chi connectivity index (χ3v) is 3.83. The van der Waals surface area contributed by atoms with E-state index in [-0.39, 0.29) is 17.9 Å². The summed E-state index contributed by atoms with van der Waals surface area (Å²) in [6, 6.07) is 11.5. The van der Waals surface area contributed by atoms with Crippen molar-refractivity contribution in [3.05, 3.63) is 51.6 Å². The van der Waals surface area contributed by atoms with Gasteiger partial charge in [0, 0.05) is 16.2 Å². The van der Waals surface area contributed by atoms with Crippen LogP contribution in [0.1, 0.15) is 17.3 Å². The number of benzene rings is 2. The molecule has 0 heterocycles. The maximum absolute atomic E-state index is 12.0. The minimum atomic E-state index is -0.688. The van der Waals surface area contributed by atoms with Crippen LogP contribution in [-0.4, -0.2) is 31.6 Å². The summed E-state index contributed by atoms with van der Waals surface area (Å²) in [5.41, 5.74) is 0.372. The smallest absolute Gasteiger partial charge is 0.341 e. The fourth-order valence-electron chi connectivity index (χ4n) is 2.00. The molecular formula is C18H16INO6. The van der Waals surface area contributed by atoms with Crippen LogP contribution in [0.2, 0.25) is 0 Å². The molecule has 0 fully saturated rings. The molecule has 0 radical (unpaired) electrons. The highest BCUT2D eigenvalue weighted by Gasteiger charge is 2.16. The molecule has 0 aliphatic carbocycles. The van der Waals surface area contributed by atoms with E-state index in [9.17, 15) is 14.4 Å². The van der Waals surface area contributed by atoms with E-state index in [0.29, 0.717) is 11.4 Å². The number of hydrogen-bond donors (Lipinski definition) is 1. The van der Waals surface area contributed by atoms with Crippen molar-refractivity contribution in [2.24, 2.45) is 0 Å². The normalized spacial score (nSPS) is 9.96. The molecule has 136 valence electrons. The van der Waals surface area contributed by atoms with Crippen molar-refractivity contribution in [2.45, 2.75) is 6.92 Å². The van der Waals surface area contributed by atoms with Crippen LogP contribution in [0, 0.1) is 3.57 Å². The Morgan fingerprint density at radius 1 is 1.08 bits per heavy atom. The Hall–Kier alpha value is -2.62. The van der Waals surface area contributed by atoms with Crippen molar-refractivity contribution >= 4 is 46.1 Å². The molecule has 0 saturated heterocycles. The van der Waals surface area contributed by atoms with Gasteiger partial charge in [0.1, 0.15) is 17.1 Å². The van der Waals surface area contributed by atoms with Crippen molar-refractivity contribution in [3.63, 3.8) is 0 Å². The predicted octanol–water partition coefficient (Wildman–Crippen LogP) is 3.02. The van der Waals surface area contributed by atoms with Gasteiger partial charge >= 0.3 is 11.9 Å². The number of rotatable bonds is 6. The highest BCUT2D eigenvalue weighted by Crippen LogP contribution is 2.24. The van der Waals surface area contributed by atoms with E-state index in [4.69, 9.17) is 9.47 Å². The Bertz CT molecular complexity index is 819. The number of anilines is 1. The fraction of sp³-hybridized carbons (Fsp3) is 0.167. The van der Waals surface area contributed by atoms with Gasteiger partial charge in [-0.25, -0.2) is 4.79 Å². The Balaban J connectivity index is 2.05. The molecule has 0 unspecified atom stereocenters. The second kappa shape index (κ2) is 9.18. The van der Waals surface area contributed by atoms with Gasteiger partial charge in [-0.05, 0) is 65.1 Å². The number of nitrogens with one attached hydrogen (secondary N) is 1. The van der Waals surface area contributed by atoms with Crippen molar-refractivity contribution < 1.29 is 28.6 Å². The summed E-state index contributed by atoms with van der Waals surface area (Å²) in [6.07, 6.45) is 0. The van der Waals surface area contributed by atoms with Crippen LogP contribution in [0.15, 0.2) is 42.5 Å². The van der Waals surface area contributed by atoms with Crippen LogP contribution in [0.5, 0.6) is 11.5 Å². The number of hydrogen-bond acceptors (Lipinski definition) is 6. The first-order valence-corrected chi connectivity index (χ1v) is 8.56. The summed E-state index contributed by atoms with van der Waals surface area (Å²) in [4.78, 5) is 35.0. The molecule has 0 atom stereocenters. The Morgan fingerprint density at radius 2 is 1.77 bits per heavy atom. The minimum Gasteiger partial charge on any atom is -0.484 e. The Labute approximate surface area is 163 Å². The summed E-state index contributed by atoms with van der Waals surface area (Å²) in [5.74, 6) is -1.04. The standard InChI is InChI=1S/C18H16INO6/c1-11(21)26-16-8-5-13(9-15(16)18(23)24-2)20-17(22)10-25-14-6-3-12(19)4-7-14/h3-9H,10H2,1-2H3,(H,20,22). The number of ether oxygens (including phenoxy) is 3. The topological polar surface area (TPSA) is 90.9 Å². The lowest BCUT2D eigenvalue weighted by molar-refractivity contribution is -0.131. The molecule has 0 aliphatic heterocycles. The zero-order chi connectivity index (χ0) is 19.1. The Morgan fingerprint density at radius 3 is 2.38 bits per heavy atom. The predicted molar refractivity (Wildman–Crippen MR) is 102 cm³/mol. The lowest BCUT2D eigenvalue weighted by Gasteiger charge is -2.11. The van der Waals surface area contributed by atoms with Crippen molar-refractivity contribution in [1.82, 2.24) is 0 Å². The van der Waals surface area contributed by atoms with E-state index in [0.717, 1.165) is 3.57 Å². The van der Waals surface area contributed by atoms with Crippen molar-refractivity contribution in [1.29, 1.82) is 0 Å². The van der Waals surface area contributed by atoms with Crippen LogP contribution in [0.4, 0.5) is 5.69 Å². The number of amides is 1. The van der Waals surface area contributed by atoms with E-state index in [1.165, 1.54) is 32.2 Å². The lowest BCUT2D eigenvalue weighted by Crippen LogP contribution is -2.20. The molecule has 0 bridgehead atoms. The average molecular weight is 469 g/mol. The molecule has 2 aromatic carbocycles. The molecule has 2 rings (SSSR count). The van der Waals surface area contributed by atoms with Gasteiger partial charge < -0.3 is 19.5 Å². The third kappa shape index (κ3) is 5.73. The first-order chi connectivity index (χ1) is 12.4. The van der Waals surface area contributed by atoms with Gasteiger partial charge in [0.15, 0.2) is 6.61 Å². The van der Waals surface area contributed by atoms with E-state index in [1.807, 2.05) is 12.1 Å². The molecule has 1 N–H and O–H groups in total. The molecule has 0 aliphatic rings. The SMILES string of the molecule is COC(=O)c1cc(NC(=O)COc2ccc(I)cc2)ccc1OC(C)=O. The van der Waals surface area contributed by atoms with Crippen LogP contribution in [-0.2, 0) is 14.3 Å². The number of esters is 2. The number of carbonyl (C=O) groups is 3. The summed E-state index contributed by atoms with van der Waals surface area (Å²) < 4.78 is 16.1. The molecular weight excluding hydrogens is 453 g/mol. The van der Waals surface area contributed by atoms with Gasteiger partial charge in [0.05, 0.1) is 7.11 Å². The van der Waals surface area contributed by atoms with Crippen LogP contribution in [0.3, 0.4) is 0 Å². The van der Waals surface area contributed by atoms with Gasteiger partial charge in [-0.15, -0.1) is 0 Å². The molecule has 0 saturated carbocycles. The zero-order valence-corrected chi connectivity index (χ0v) is 16.2. The fourth-order valence-corrected chi connectivity index (χ4v) is 2.36. The average Bonchev–Trinajstić information content (AvgIpc) is 2.61. The first-order valence-electron chi connectivity index (χ1n) is 7.48. The van der Waals surface area contributed by atoms with E-state index in [2.05, 4.69) is 32.6 Å². The summed E-state index contributed by atoms with van der Waals surface area (Å²) in [6.45, 7) is 1.03. The van der Waals surface area contributed by atoms with E-state index >= 15 is 0 Å². The van der Waals surface area contributed by atoms with Crippen LogP contribution < -0.4 is 14.8 Å². The van der Waals surface area contributed by atoms with Crippen molar-refractivity contribution in [3.8, 4) is 11.5 Å². The molecule has 0 aromatic heterocycles. The lowest BCUT2D eigenvalue weighted by atomic mass is 10.1. The second-order valence-electron chi connectivity index (χ2n) is 5.09. The molecule has 2 aromatic rings. The highest BCUT2D eigenvalue weighted by molar-refractivity contribution is 14.1. The molecule has 0 spiro atoms. The second-order valence-corrected chi connectivity index (χ2v) is 6.33. The maximum atomic E-state index is 12.0. The van der Waals surface area contributed by atoms with Crippen LogP contribution in [0.25, 0.3) is 0 Å². The maximum Gasteiger partial charge on any atom is 0.341 e. The van der Waals surface area contributed by atoms with Gasteiger partial charge in [-0.2, -0.15) is 0 Å².